The molecule has 1 N–H and O–H groups in total. The molecule has 122 valence electrons. The molecule has 0 unspecified atom stereocenters. The van der Waals surface area contributed by atoms with Gasteiger partial charge in [0.25, 0.3) is 5.91 Å². The van der Waals surface area contributed by atoms with Gasteiger partial charge in [0.15, 0.2) is 5.76 Å². The molecule has 1 aromatic heterocycles. The normalized spacial score (nSPS) is 10.6. The van der Waals surface area contributed by atoms with Crippen molar-refractivity contribution >= 4 is 5.91 Å². The molecule has 0 spiro atoms. The van der Waals surface area contributed by atoms with Crippen molar-refractivity contribution in [1.29, 1.82) is 0 Å². The van der Waals surface area contributed by atoms with Gasteiger partial charge in [0.1, 0.15) is 17.4 Å². The molecule has 0 bridgehead atoms. The summed E-state index contributed by atoms with van der Waals surface area (Å²) in [6.07, 6.45) is 0. The standard InChI is InChI=1S/C19H15F2NO2/c1-12-6-7-13(10-16(12)21)11-22-19(23)18-9-8-17(24-18)14-4-2-3-5-15(14)20/h2-10H,11H2,1H3,(H,22,23). The topological polar surface area (TPSA) is 42.2 Å². The molecule has 0 saturated heterocycles. The predicted molar refractivity (Wildman–Crippen MR) is 86.4 cm³/mol. The third kappa shape index (κ3) is 3.35. The SMILES string of the molecule is Cc1ccc(CNC(=O)c2ccc(-c3ccccc3F)o2)cc1F. The van der Waals surface area contributed by atoms with Gasteiger partial charge in [0, 0.05) is 6.54 Å². The van der Waals surface area contributed by atoms with E-state index in [9.17, 15) is 13.6 Å². The van der Waals surface area contributed by atoms with E-state index in [4.69, 9.17) is 4.42 Å². The molecule has 3 aromatic rings. The fourth-order valence-corrected chi connectivity index (χ4v) is 2.28. The lowest BCUT2D eigenvalue weighted by atomic mass is 10.1. The van der Waals surface area contributed by atoms with Gasteiger partial charge in [0.05, 0.1) is 5.56 Å². The van der Waals surface area contributed by atoms with E-state index >= 15 is 0 Å². The van der Waals surface area contributed by atoms with Gasteiger partial charge < -0.3 is 9.73 Å². The third-order valence-corrected chi connectivity index (χ3v) is 3.66. The van der Waals surface area contributed by atoms with Gasteiger partial charge in [-0.25, -0.2) is 8.78 Å². The van der Waals surface area contributed by atoms with Gasteiger partial charge in [0.2, 0.25) is 0 Å². The number of benzene rings is 2. The molecule has 1 heterocycles. The second kappa shape index (κ2) is 6.66. The molecule has 0 fully saturated rings. The Bertz CT molecular complexity index is 887. The lowest BCUT2D eigenvalue weighted by Gasteiger charge is -2.05. The fraction of sp³-hybridized carbons (Fsp3) is 0.105. The van der Waals surface area contributed by atoms with E-state index in [1.165, 1.54) is 18.2 Å². The predicted octanol–water partition coefficient (Wildman–Crippen LogP) is 4.46. The Labute approximate surface area is 137 Å². The first-order chi connectivity index (χ1) is 11.5. The number of halogens is 2. The van der Waals surface area contributed by atoms with Crippen LogP contribution in [0.25, 0.3) is 11.3 Å². The van der Waals surface area contributed by atoms with Crippen molar-refractivity contribution < 1.29 is 18.0 Å². The highest BCUT2D eigenvalue weighted by atomic mass is 19.1. The maximum absolute atomic E-state index is 13.7. The van der Waals surface area contributed by atoms with Crippen LogP contribution in [-0.4, -0.2) is 5.91 Å². The number of hydrogen-bond acceptors (Lipinski definition) is 2. The van der Waals surface area contributed by atoms with Crippen LogP contribution in [0.4, 0.5) is 8.78 Å². The lowest BCUT2D eigenvalue weighted by Crippen LogP contribution is -2.22. The molecule has 0 aliphatic heterocycles. The number of furan rings is 1. The van der Waals surface area contributed by atoms with E-state index < -0.39 is 11.7 Å². The van der Waals surface area contributed by atoms with E-state index in [0.29, 0.717) is 11.1 Å². The maximum atomic E-state index is 13.7. The summed E-state index contributed by atoms with van der Waals surface area (Å²) in [5.74, 6) is -0.838. The number of aryl methyl sites for hydroxylation is 1. The van der Waals surface area contributed by atoms with Crippen LogP contribution >= 0.6 is 0 Å². The summed E-state index contributed by atoms with van der Waals surface area (Å²) in [4.78, 5) is 12.1. The Morgan fingerprint density at radius 1 is 1.04 bits per heavy atom. The molecule has 24 heavy (non-hydrogen) atoms. The lowest BCUT2D eigenvalue weighted by molar-refractivity contribution is 0.0924. The van der Waals surface area contributed by atoms with Gasteiger partial charge in [-0.2, -0.15) is 0 Å². The summed E-state index contributed by atoms with van der Waals surface area (Å²) in [6.45, 7) is 1.84. The zero-order valence-corrected chi connectivity index (χ0v) is 13.0. The molecule has 3 nitrogen and oxygen atoms in total. The zero-order valence-electron chi connectivity index (χ0n) is 13.0. The first kappa shape index (κ1) is 15.9. The summed E-state index contributed by atoms with van der Waals surface area (Å²) >= 11 is 0. The maximum Gasteiger partial charge on any atom is 0.287 e. The Morgan fingerprint density at radius 2 is 1.83 bits per heavy atom. The zero-order chi connectivity index (χ0) is 17.1. The molecule has 3 rings (SSSR count). The second-order valence-corrected chi connectivity index (χ2v) is 5.41. The number of rotatable bonds is 4. The van der Waals surface area contributed by atoms with Gasteiger partial charge in [-0.15, -0.1) is 0 Å². The van der Waals surface area contributed by atoms with Crippen LogP contribution in [0, 0.1) is 18.6 Å². The smallest absolute Gasteiger partial charge is 0.287 e. The molecule has 0 atom stereocenters. The summed E-state index contributed by atoms with van der Waals surface area (Å²) in [5.41, 5.74) is 1.48. The highest BCUT2D eigenvalue weighted by molar-refractivity contribution is 5.92. The second-order valence-electron chi connectivity index (χ2n) is 5.41. The first-order valence-corrected chi connectivity index (χ1v) is 7.42. The molecule has 0 aliphatic carbocycles. The Kier molecular flexibility index (Phi) is 4.42. The first-order valence-electron chi connectivity index (χ1n) is 7.42. The summed E-state index contributed by atoms with van der Waals surface area (Å²) in [6, 6.07) is 14.0. The monoisotopic (exact) mass is 327 g/mol. The molecule has 0 radical (unpaired) electrons. The van der Waals surface area contributed by atoms with E-state index in [-0.39, 0.29) is 29.4 Å². The van der Waals surface area contributed by atoms with Crippen LogP contribution in [0.5, 0.6) is 0 Å². The molecule has 5 heteroatoms. The van der Waals surface area contributed by atoms with Gasteiger partial charge in [-0.1, -0.05) is 24.3 Å². The van der Waals surface area contributed by atoms with Crippen LogP contribution in [0.3, 0.4) is 0 Å². The van der Waals surface area contributed by atoms with Crippen LogP contribution in [0.1, 0.15) is 21.7 Å². The Hall–Kier alpha value is -2.95. The Morgan fingerprint density at radius 3 is 2.58 bits per heavy atom. The Balaban J connectivity index is 1.70. The van der Waals surface area contributed by atoms with Crippen LogP contribution in [0.15, 0.2) is 59.0 Å². The van der Waals surface area contributed by atoms with Crippen molar-refractivity contribution in [3.8, 4) is 11.3 Å². The van der Waals surface area contributed by atoms with Gasteiger partial charge in [-0.3, -0.25) is 4.79 Å². The highest BCUT2D eigenvalue weighted by Gasteiger charge is 2.14. The van der Waals surface area contributed by atoms with Crippen molar-refractivity contribution in [1.82, 2.24) is 5.32 Å². The van der Waals surface area contributed by atoms with E-state index in [1.807, 2.05) is 0 Å². The number of carbonyl (C=O) groups excluding carboxylic acids is 1. The fourth-order valence-electron chi connectivity index (χ4n) is 2.28. The summed E-state index contributed by atoms with van der Waals surface area (Å²) in [5, 5.41) is 2.65. The van der Waals surface area contributed by atoms with Crippen molar-refractivity contribution in [2.75, 3.05) is 0 Å². The number of nitrogens with one attached hydrogen (secondary N) is 1. The third-order valence-electron chi connectivity index (χ3n) is 3.66. The molecular weight excluding hydrogens is 312 g/mol. The van der Waals surface area contributed by atoms with Gasteiger partial charge >= 0.3 is 0 Å². The van der Waals surface area contributed by atoms with Crippen LogP contribution < -0.4 is 5.32 Å². The number of hydrogen-bond donors (Lipinski definition) is 1. The van der Waals surface area contributed by atoms with E-state index in [1.54, 1.807) is 43.3 Å². The molecule has 2 aromatic carbocycles. The van der Waals surface area contributed by atoms with Crippen molar-refractivity contribution in [3.05, 3.63) is 83.1 Å². The van der Waals surface area contributed by atoms with Crippen LogP contribution in [0.2, 0.25) is 0 Å². The molecule has 0 saturated carbocycles. The van der Waals surface area contributed by atoms with Crippen molar-refractivity contribution in [2.45, 2.75) is 13.5 Å². The van der Waals surface area contributed by atoms with Crippen LogP contribution in [-0.2, 0) is 6.54 Å². The highest BCUT2D eigenvalue weighted by Crippen LogP contribution is 2.24. The van der Waals surface area contributed by atoms with E-state index in [2.05, 4.69) is 5.32 Å². The number of carbonyl (C=O) groups is 1. The molecule has 0 aliphatic rings. The van der Waals surface area contributed by atoms with Gasteiger partial charge in [-0.05, 0) is 48.4 Å². The molecular formula is C19H15F2NO2. The average molecular weight is 327 g/mol. The minimum Gasteiger partial charge on any atom is -0.451 e. The van der Waals surface area contributed by atoms with Crippen molar-refractivity contribution in [2.24, 2.45) is 0 Å². The minimum absolute atomic E-state index is 0.0702. The summed E-state index contributed by atoms with van der Waals surface area (Å²) in [7, 11) is 0. The minimum atomic E-state index is -0.446. The summed E-state index contributed by atoms with van der Waals surface area (Å²) < 4.78 is 32.6. The molecule has 1 amide bonds. The van der Waals surface area contributed by atoms with Crippen molar-refractivity contribution in [3.63, 3.8) is 0 Å². The average Bonchev–Trinajstić information content (AvgIpc) is 3.06. The largest absolute Gasteiger partial charge is 0.451 e. The van der Waals surface area contributed by atoms with E-state index in [0.717, 1.165) is 0 Å². The number of amides is 1. The quantitative estimate of drug-likeness (QED) is 0.768.